The molecule has 1 aliphatic heterocycles. The number of piperidine rings is 1. The topological polar surface area (TPSA) is 106 Å². The van der Waals surface area contributed by atoms with Crippen molar-refractivity contribution in [3.63, 3.8) is 0 Å². The van der Waals surface area contributed by atoms with Crippen molar-refractivity contribution in [1.82, 2.24) is 19.9 Å². The molecule has 8 heteroatoms. The molecule has 3 heterocycles. The van der Waals surface area contributed by atoms with E-state index in [1.807, 2.05) is 13.0 Å². The number of H-pyrrole nitrogens is 3. The smallest absolute Gasteiger partial charge is 0.323 e. The molecule has 0 spiro atoms. The van der Waals surface area contributed by atoms with E-state index in [1.54, 1.807) is 25.3 Å². The van der Waals surface area contributed by atoms with E-state index in [0.717, 1.165) is 42.7 Å². The Morgan fingerprint density at radius 2 is 1.84 bits per heavy atom. The van der Waals surface area contributed by atoms with Gasteiger partial charge in [-0.15, -0.1) is 0 Å². The van der Waals surface area contributed by atoms with Crippen LogP contribution in [0.2, 0.25) is 0 Å². The molecule has 2 aromatic heterocycles. The average molecular weight is 434 g/mol. The molecule has 1 aliphatic rings. The molecule has 5 rings (SSSR count). The number of anilines is 1. The molecule has 1 atom stereocenters. The van der Waals surface area contributed by atoms with E-state index in [2.05, 4.69) is 43.5 Å². The molecule has 1 amide bonds. The first kappa shape index (κ1) is 20.4. The summed E-state index contributed by atoms with van der Waals surface area (Å²) in [5.41, 5.74) is 4.26. The number of carbonyl (C=O) groups excluding carboxylic acids is 1. The van der Waals surface area contributed by atoms with Gasteiger partial charge >= 0.3 is 5.69 Å². The van der Waals surface area contributed by atoms with E-state index in [4.69, 9.17) is 4.74 Å². The first-order valence-corrected chi connectivity index (χ1v) is 10.9. The summed E-state index contributed by atoms with van der Waals surface area (Å²) in [5, 5.41) is 4.20. The predicted octanol–water partition coefficient (Wildman–Crippen LogP) is 3.55. The molecule has 0 aliphatic carbocycles. The highest BCUT2D eigenvalue weighted by atomic mass is 16.5. The fourth-order valence-electron chi connectivity index (χ4n) is 4.71. The minimum absolute atomic E-state index is 0.0440. The van der Waals surface area contributed by atoms with E-state index in [9.17, 15) is 9.59 Å². The predicted molar refractivity (Wildman–Crippen MR) is 125 cm³/mol. The Kier molecular flexibility index (Phi) is 5.22. The lowest BCUT2D eigenvalue weighted by atomic mass is 9.88. The van der Waals surface area contributed by atoms with Crippen LogP contribution in [0.25, 0.3) is 21.9 Å². The van der Waals surface area contributed by atoms with Gasteiger partial charge in [-0.2, -0.15) is 0 Å². The fourth-order valence-corrected chi connectivity index (χ4v) is 4.71. The van der Waals surface area contributed by atoms with Crippen molar-refractivity contribution in [2.75, 3.05) is 25.5 Å². The number of hydrogen-bond acceptors (Lipinski definition) is 4. The number of hydrogen-bond donors (Lipinski definition) is 4. The Hall–Kier alpha value is -3.52. The minimum atomic E-state index is -0.256. The van der Waals surface area contributed by atoms with Gasteiger partial charge in [-0.1, -0.05) is 0 Å². The number of imidazole rings is 1. The monoisotopic (exact) mass is 433 g/mol. The van der Waals surface area contributed by atoms with Crippen molar-refractivity contribution in [1.29, 1.82) is 0 Å². The first-order valence-electron chi connectivity index (χ1n) is 10.9. The van der Waals surface area contributed by atoms with Crippen LogP contribution in [-0.4, -0.2) is 52.0 Å². The Morgan fingerprint density at radius 1 is 1.09 bits per heavy atom. The number of aromatic nitrogens is 3. The SMILES string of the molecule is COc1ccc2[nH]cc(C3CCN(C(C)C(=O)Nc4ccc5[nH]c(=O)[nH]c5c4)CC3)c2c1. The molecule has 1 saturated heterocycles. The lowest BCUT2D eigenvalue weighted by Crippen LogP contribution is -2.45. The van der Waals surface area contributed by atoms with Gasteiger partial charge in [0.2, 0.25) is 5.91 Å². The molecule has 4 N–H and O–H groups in total. The Balaban J connectivity index is 1.23. The molecular weight excluding hydrogens is 406 g/mol. The number of nitrogens with zero attached hydrogens (tertiary/aromatic N) is 1. The van der Waals surface area contributed by atoms with Gasteiger partial charge in [-0.3, -0.25) is 9.69 Å². The second kappa shape index (κ2) is 8.20. The number of nitrogens with one attached hydrogen (secondary N) is 4. The van der Waals surface area contributed by atoms with Crippen molar-refractivity contribution < 1.29 is 9.53 Å². The number of amides is 1. The number of fused-ring (bicyclic) bond motifs is 2. The number of carbonyl (C=O) groups is 1. The van der Waals surface area contributed by atoms with Gasteiger partial charge < -0.3 is 25.0 Å². The third kappa shape index (κ3) is 3.78. The van der Waals surface area contributed by atoms with E-state index in [-0.39, 0.29) is 17.6 Å². The van der Waals surface area contributed by atoms with Gasteiger partial charge in [0.25, 0.3) is 0 Å². The maximum Gasteiger partial charge on any atom is 0.323 e. The van der Waals surface area contributed by atoms with Gasteiger partial charge in [0.1, 0.15) is 5.75 Å². The van der Waals surface area contributed by atoms with Gasteiger partial charge in [-0.05, 0) is 80.7 Å². The van der Waals surface area contributed by atoms with Gasteiger partial charge in [0, 0.05) is 22.8 Å². The van der Waals surface area contributed by atoms with Gasteiger partial charge in [-0.25, -0.2) is 4.79 Å². The summed E-state index contributed by atoms with van der Waals surface area (Å²) in [6.07, 6.45) is 4.11. The molecule has 1 unspecified atom stereocenters. The largest absolute Gasteiger partial charge is 0.497 e. The summed E-state index contributed by atoms with van der Waals surface area (Å²) in [4.78, 5) is 35.3. The van der Waals surface area contributed by atoms with Gasteiger partial charge in [0.15, 0.2) is 0 Å². The van der Waals surface area contributed by atoms with Crippen LogP contribution >= 0.6 is 0 Å². The number of ether oxygens (including phenoxy) is 1. The van der Waals surface area contributed by atoms with Crippen molar-refractivity contribution in [2.45, 2.75) is 31.7 Å². The molecule has 32 heavy (non-hydrogen) atoms. The van der Waals surface area contributed by atoms with Crippen LogP contribution in [0.1, 0.15) is 31.2 Å². The van der Waals surface area contributed by atoms with Crippen LogP contribution in [0.5, 0.6) is 5.75 Å². The molecular formula is C24H27N5O3. The Morgan fingerprint density at radius 3 is 2.62 bits per heavy atom. The normalized spacial score (nSPS) is 16.4. The maximum absolute atomic E-state index is 12.9. The molecule has 4 aromatic rings. The number of aromatic amines is 3. The molecule has 8 nitrogen and oxygen atoms in total. The first-order chi connectivity index (χ1) is 15.5. The highest BCUT2D eigenvalue weighted by Gasteiger charge is 2.28. The quantitative estimate of drug-likeness (QED) is 0.386. The minimum Gasteiger partial charge on any atom is -0.497 e. The number of rotatable bonds is 5. The van der Waals surface area contributed by atoms with Crippen molar-refractivity contribution >= 4 is 33.5 Å². The number of benzene rings is 2. The van der Waals surface area contributed by atoms with Crippen molar-refractivity contribution in [2.24, 2.45) is 0 Å². The van der Waals surface area contributed by atoms with Crippen LogP contribution in [0.15, 0.2) is 47.4 Å². The standard InChI is InChI=1S/C24H27N5O3/c1-14(23(30)26-16-3-5-21-22(11-16)28-24(31)27-21)29-9-7-15(8-10-29)19-13-25-20-6-4-17(32-2)12-18(19)20/h3-6,11-15,25H,7-10H2,1-2H3,(H,26,30)(H2,27,28,31). The van der Waals surface area contributed by atoms with E-state index >= 15 is 0 Å². The summed E-state index contributed by atoms with van der Waals surface area (Å²) in [6, 6.07) is 11.2. The third-order valence-electron chi connectivity index (χ3n) is 6.60. The van der Waals surface area contributed by atoms with Crippen LogP contribution in [-0.2, 0) is 4.79 Å². The molecule has 1 fully saturated rings. The zero-order valence-electron chi connectivity index (χ0n) is 18.2. The van der Waals surface area contributed by atoms with E-state index in [0.29, 0.717) is 17.1 Å². The Labute approximate surface area is 185 Å². The van der Waals surface area contributed by atoms with Crippen LogP contribution in [0, 0.1) is 0 Å². The molecule has 166 valence electrons. The summed E-state index contributed by atoms with van der Waals surface area (Å²) in [5.74, 6) is 1.27. The summed E-state index contributed by atoms with van der Waals surface area (Å²) < 4.78 is 5.40. The number of methoxy groups -OCH3 is 1. The average Bonchev–Trinajstić information content (AvgIpc) is 3.40. The lowest BCUT2D eigenvalue weighted by molar-refractivity contribution is -0.121. The van der Waals surface area contributed by atoms with Crippen molar-refractivity contribution in [3.05, 3.63) is 58.6 Å². The molecule has 2 aromatic carbocycles. The zero-order valence-corrected chi connectivity index (χ0v) is 18.2. The second-order valence-corrected chi connectivity index (χ2v) is 8.47. The van der Waals surface area contributed by atoms with Crippen molar-refractivity contribution in [3.8, 4) is 5.75 Å². The summed E-state index contributed by atoms with van der Waals surface area (Å²) >= 11 is 0. The van der Waals surface area contributed by atoms with E-state index < -0.39 is 0 Å². The summed E-state index contributed by atoms with van der Waals surface area (Å²) in [7, 11) is 1.69. The number of likely N-dealkylation sites (tertiary alicyclic amines) is 1. The highest BCUT2D eigenvalue weighted by Crippen LogP contribution is 2.35. The third-order valence-corrected chi connectivity index (χ3v) is 6.60. The zero-order chi connectivity index (χ0) is 22.2. The summed E-state index contributed by atoms with van der Waals surface area (Å²) in [6.45, 7) is 3.67. The van der Waals surface area contributed by atoms with E-state index in [1.165, 1.54) is 10.9 Å². The highest BCUT2D eigenvalue weighted by molar-refractivity contribution is 5.96. The molecule has 0 saturated carbocycles. The maximum atomic E-state index is 12.9. The van der Waals surface area contributed by atoms with Gasteiger partial charge in [0.05, 0.1) is 24.2 Å². The lowest BCUT2D eigenvalue weighted by Gasteiger charge is -2.35. The Bertz CT molecular complexity index is 1330. The van der Waals surface area contributed by atoms with Crippen LogP contribution in [0.4, 0.5) is 5.69 Å². The molecule has 0 bridgehead atoms. The van der Waals surface area contributed by atoms with Crippen LogP contribution in [0.3, 0.4) is 0 Å². The van der Waals surface area contributed by atoms with Crippen LogP contribution < -0.4 is 15.7 Å². The fraction of sp³-hybridized carbons (Fsp3) is 0.333. The second-order valence-electron chi connectivity index (χ2n) is 8.47. The molecule has 0 radical (unpaired) electrons.